The van der Waals surface area contributed by atoms with Crippen molar-refractivity contribution in [3.05, 3.63) is 12.2 Å². The molecule has 118 valence electrons. The van der Waals surface area contributed by atoms with E-state index in [1.807, 2.05) is 6.08 Å². The highest BCUT2D eigenvalue weighted by Gasteiger charge is 2.49. The molecule has 0 heterocycles. The summed E-state index contributed by atoms with van der Waals surface area (Å²) in [4.78, 5) is 0. The number of hydrogen-bond acceptors (Lipinski definition) is 2. The lowest BCUT2D eigenvalue weighted by molar-refractivity contribution is -0.0484. The standard InChI is InChI=1S/C12H19BrF3NO2S/c13-8-10-17(20(18,19)12(14,15)16)9-4-7-11-5-2-1-3-6-11/h4,7,11H,1-3,5-6,8-10H2. The quantitative estimate of drug-likeness (QED) is 0.523. The maximum Gasteiger partial charge on any atom is 0.511 e. The van der Waals surface area contributed by atoms with Gasteiger partial charge in [-0.05, 0) is 18.8 Å². The Kier molecular flexibility index (Phi) is 7.00. The van der Waals surface area contributed by atoms with Gasteiger partial charge < -0.3 is 0 Å². The van der Waals surface area contributed by atoms with Gasteiger partial charge in [-0.25, -0.2) is 8.42 Å². The van der Waals surface area contributed by atoms with Crippen molar-refractivity contribution in [2.45, 2.75) is 37.6 Å². The molecule has 1 aliphatic carbocycles. The SMILES string of the molecule is O=S(=O)(N(CC=CC1CCCCC1)CCBr)C(F)(F)F. The van der Waals surface area contributed by atoms with Crippen molar-refractivity contribution in [3.8, 4) is 0 Å². The van der Waals surface area contributed by atoms with E-state index in [2.05, 4.69) is 15.9 Å². The minimum absolute atomic E-state index is 0.166. The van der Waals surface area contributed by atoms with Crippen LogP contribution in [0.25, 0.3) is 0 Å². The summed E-state index contributed by atoms with van der Waals surface area (Å²) in [6, 6.07) is 0. The van der Waals surface area contributed by atoms with Crippen LogP contribution in [0.1, 0.15) is 32.1 Å². The molecule has 0 saturated heterocycles. The number of sulfonamides is 1. The van der Waals surface area contributed by atoms with E-state index in [0.717, 1.165) is 25.7 Å². The minimum Gasteiger partial charge on any atom is -0.203 e. The molecule has 0 N–H and O–H groups in total. The van der Waals surface area contributed by atoms with Crippen molar-refractivity contribution in [2.75, 3.05) is 18.4 Å². The lowest BCUT2D eigenvalue weighted by atomic mass is 9.89. The van der Waals surface area contributed by atoms with Crippen molar-refractivity contribution in [1.29, 1.82) is 0 Å². The fourth-order valence-corrected chi connectivity index (χ4v) is 3.82. The van der Waals surface area contributed by atoms with Gasteiger partial charge in [-0.3, -0.25) is 0 Å². The molecule has 3 nitrogen and oxygen atoms in total. The van der Waals surface area contributed by atoms with Crippen LogP contribution in [0.4, 0.5) is 13.2 Å². The highest BCUT2D eigenvalue weighted by Crippen LogP contribution is 2.27. The molecule has 0 atom stereocenters. The summed E-state index contributed by atoms with van der Waals surface area (Å²) < 4.78 is 60.8. The van der Waals surface area contributed by atoms with Gasteiger partial charge in [0.05, 0.1) is 0 Å². The highest BCUT2D eigenvalue weighted by molar-refractivity contribution is 9.09. The van der Waals surface area contributed by atoms with Gasteiger partial charge in [-0.1, -0.05) is 47.3 Å². The zero-order chi connectivity index (χ0) is 15.2. The van der Waals surface area contributed by atoms with Gasteiger partial charge in [-0.2, -0.15) is 17.5 Å². The molecule has 1 aliphatic rings. The summed E-state index contributed by atoms with van der Waals surface area (Å²) in [5, 5.41) is 0.166. The number of nitrogens with zero attached hydrogens (tertiary/aromatic N) is 1. The monoisotopic (exact) mass is 377 g/mol. The maximum atomic E-state index is 12.5. The second-order valence-corrected chi connectivity index (χ2v) is 7.55. The second-order valence-electron chi connectivity index (χ2n) is 4.82. The summed E-state index contributed by atoms with van der Waals surface area (Å²) in [6.45, 7) is -0.430. The third kappa shape index (κ3) is 5.04. The van der Waals surface area contributed by atoms with Crippen LogP contribution in [0, 0.1) is 5.92 Å². The summed E-state index contributed by atoms with van der Waals surface area (Å²) in [5.74, 6) is 0.364. The first-order valence-electron chi connectivity index (χ1n) is 6.58. The largest absolute Gasteiger partial charge is 0.511 e. The van der Waals surface area contributed by atoms with Crippen LogP contribution in [-0.2, 0) is 10.0 Å². The Bertz CT molecular complexity index is 417. The Labute approximate surface area is 126 Å². The number of halogens is 4. The van der Waals surface area contributed by atoms with Gasteiger partial charge in [0.15, 0.2) is 0 Å². The zero-order valence-electron chi connectivity index (χ0n) is 11.1. The fourth-order valence-electron chi connectivity index (χ4n) is 2.25. The van der Waals surface area contributed by atoms with Gasteiger partial charge in [0.25, 0.3) is 0 Å². The van der Waals surface area contributed by atoms with Crippen LogP contribution in [0.2, 0.25) is 0 Å². The number of hydrogen-bond donors (Lipinski definition) is 0. The van der Waals surface area contributed by atoms with Crippen molar-refractivity contribution >= 4 is 26.0 Å². The third-order valence-corrected chi connectivity index (χ3v) is 5.28. The van der Waals surface area contributed by atoms with Crippen molar-refractivity contribution in [1.82, 2.24) is 4.31 Å². The van der Waals surface area contributed by atoms with E-state index in [-0.39, 0.29) is 18.4 Å². The molecule has 0 amide bonds. The molecule has 20 heavy (non-hydrogen) atoms. The van der Waals surface area contributed by atoms with Crippen molar-refractivity contribution in [3.63, 3.8) is 0 Å². The Morgan fingerprint density at radius 3 is 2.30 bits per heavy atom. The molecule has 1 fully saturated rings. The number of alkyl halides is 4. The Balaban J connectivity index is 2.65. The summed E-state index contributed by atoms with van der Waals surface area (Å²) >= 11 is 2.98. The molecule has 0 spiro atoms. The van der Waals surface area contributed by atoms with Gasteiger partial charge in [0.2, 0.25) is 0 Å². The van der Waals surface area contributed by atoms with E-state index in [1.165, 1.54) is 6.42 Å². The van der Waals surface area contributed by atoms with Gasteiger partial charge in [-0.15, -0.1) is 0 Å². The maximum absolute atomic E-state index is 12.5. The molecule has 1 saturated carbocycles. The summed E-state index contributed by atoms with van der Waals surface area (Å²) in [6.07, 6.45) is 8.90. The zero-order valence-corrected chi connectivity index (χ0v) is 13.5. The molecule has 0 aromatic rings. The minimum atomic E-state index is -5.25. The van der Waals surface area contributed by atoms with Gasteiger partial charge in [0, 0.05) is 18.4 Å². The van der Waals surface area contributed by atoms with Crippen LogP contribution in [-0.4, -0.2) is 36.7 Å². The first kappa shape index (κ1) is 18.0. The normalized spacial score (nSPS) is 19.1. The van der Waals surface area contributed by atoms with Crippen LogP contribution >= 0.6 is 15.9 Å². The second kappa shape index (κ2) is 7.79. The van der Waals surface area contributed by atoms with Crippen LogP contribution in [0.5, 0.6) is 0 Å². The fraction of sp³-hybridized carbons (Fsp3) is 0.833. The average molecular weight is 378 g/mol. The molecule has 0 aromatic carbocycles. The molecular weight excluding hydrogens is 359 g/mol. The van der Waals surface area contributed by atoms with E-state index in [9.17, 15) is 21.6 Å². The molecular formula is C12H19BrF3NO2S. The predicted molar refractivity (Wildman–Crippen MR) is 76.1 cm³/mol. The highest BCUT2D eigenvalue weighted by atomic mass is 79.9. The number of allylic oxidation sites excluding steroid dienone is 1. The lowest BCUT2D eigenvalue weighted by Gasteiger charge is -2.22. The van der Waals surface area contributed by atoms with E-state index < -0.39 is 15.5 Å². The molecule has 0 radical (unpaired) electrons. The van der Waals surface area contributed by atoms with Gasteiger partial charge in [0.1, 0.15) is 0 Å². The molecule has 0 bridgehead atoms. The Morgan fingerprint density at radius 2 is 1.80 bits per heavy atom. The Hall–Kier alpha value is -0.0800. The molecule has 0 aliphatic heterocycles. The van der Waals surface area contributed by atoms with Gasteiger partial charge >= 0.3 is 15.5 Å². The van der Waals surface area contributed by atoms with Crippen LogP contribution in [0.3, 0.4) is 0 Å². The van der Waals surface area contributed by atoms with E-state index >= 15 is 0 Å². The first-order valence-corrected chi connectivity index (χ1v) is 9.14. The van der Waals surface area contributed by atoms with Crippen molar-refractivity contribution in [2.24, 2.45) is 5.92 Å². The van der Waals surface area contributed by atoms with E-state index in [1.54, 1.807) is 6.08 Å². The predicted octanol–water partition coefficient (Wildman–Crippen LogP) is 3.67. The topological polar surface area (TPSA) is 37.4 Å². The Morgan fingerprint density at radius 1 is 1.20 bits per heavy atom. The van der Waals surface area contributed by atoms with Crippen molar-refractivity contribution < 1.29 is 21.6 Å². The average Bonchev–Trinajstić information content (AvgIpc) is 2.37. The molecule has 0 unspecified atom stereocenters. The van der Waals surface area contributed by atoms with Crippen LogP contribution < -0.4 is 0 Å². The third-order valence-electron chi connectivity index (χ3n) is 3.33. The van der Waals surface area contributed by atoms with E-state index in [4.69, 9.17) is 0 Å². The lowest BCUT2D eigenvalue weighted by Crippen LogP contribution is -2.41. The smallest absolute Gasteiger partial charge is 0.203 e. The molecule has 0 aromatic heterocycles. The first-order chi connectivity index (χ1) is 9.29. The molecule has 1 rings (SSSR count). The summed E-state index contributed by atoms with van der Waals surface area (Å²) in [7, 11) is -5.25. The number of rotatable bonds is 6. The van der Waals surface area contributed by atoms with Crippen LogP contribution in [0.15, 0.2) is 12.2 Å². The van der Waals surface area contributed by atoms with E-state index in [0.29, 0.717) is 10.2 Å². The molecule has 8 heteroatoms. The summed E-state index contributed by atoms with van der Waals surface area (Å²) in [5.41, 5.74) is -5.24.